The van der Waals surface area contributed by atoms with Crippen LogP contribution in [0.2, 0.25) is 0 Å². The quantitative estimate of drug-likeness (QED) is 0.376. The Balaban J connectivity index is 4.06. The summed E-state index contributed by atoms with van der Waals surface area (Å²) < 4.78 is 0. The molecule has 4 nitrogen and oxygen atoms in total. The number of carbonyl (C=O) groups is 2. The standard InChI is InChI=1S/C12H19NO3S/c1-3-5-7-11(14)13-10(12(15)16)9-17-8-6-4-2/h3,5,7,10H,1,4,6,8-9H2,2H3,(H,13,14)(H,15,16)/b7-5+. The van der Waals surface area contributed by atoms with Crippen molar-refractivity contribution in [1.29, 1.82) is 0 Å². The SMILES string of the molecule is C=C/C=C/C(=O)NC(CSCCCC)C(=O)O. The molecule has 96 valence electrons. The number of hydrogen-bond acceptors (Lipinski definition) is 3. The summed E-state index contributed by atoms with van der Waals surface area (Å²) in [5.41, 5.74) is 0. The summed E-state index contributed by atoms with van der Waals surface area (Å²) in [6.07, 6.45) is 6.34. The monoisotopic (exact) mass is 257 g/mol. The number of hydrogen-bond donors (Lipinski definition) is 2. The highest BCUT2D eigenvalue weighted by Gasteiger charge is 2.18. The van der Waals surface area contributed by atoms with Crippen LogP contribution in [0.25, 0.3) is 0 Å². The normalized spacial score (nSPS) is 12.3. The second kappa shape index (κ2) is 9.96. The maximum Gasteiger partial charge on any atom is 0.327 e. The zero-order valence-corrected chi connectivity index (χ0v) is 10.8. The van der Waals surface area contributed by atoms with E-state index in [4.69, 9.17) is 5.11 Å². The van der Waals surface area contributed by atoms with E-state index in [0.29, 0.717) is 5.75 Å². The topological polar surface area (TPSA) is 66.4 Å². The van der Waals surface area contributed by atoms with Crippen LogP contribution in [-0.4, -0.2) is 34.5 Å². The van der Waals surface area contributed by atoms with Crippen molar-refractivity contribution in [1.82, 2.24) is 5.32 Å². The fourth-order valence-corrected chi connectivity index (χ4v) is 2.12. The molecule has 0 rings (SSSR count). The van der Waals surface area contributed by atoms with Crippen molar-refractivity contribution in [2.45, 2.75) is 25.8 Å². The van der Waals surface area contributed by atoms with Gasteiger partial charge in [-0.05, 0) is 12.2 Å². The second-order valence-electron chi connectivity index (χ2n) is 3.42. The fraction of sp³-hybridized carbons (Fsp3) is 0.500. The smallest absolute Gasteiger partial charge is 0.327 e. The molecule has 0 aliphatic heterocycles. The first kappa shape index (κ1) is 15.8. The highest BCUT2D eigenvalue weighted by atomic mass is 32.2. The van der Waals surface area contributed by atoms with Crippen LogP contribution in [0.15, 0.2) is 24.8 Å². The Labute approximate surface area is 106 Å². The lowest BCUT2D eigenvalue weighted by Crippen LogP contribution is -2.41. The van der Waals surface area contributed by atoms with Crippen molar-refractivity contribution >= 4 is 23.6 Å². The molecular formula is C12H19NO3S. The molecule has 0 saturated carbocycles. The van der Waals surface area contributed by atoms with E-state index in [1.165, 1.54) is 18.2 Å². The number of thioether (sulfide) groups is 1. The molecule has 0 radical (unpaired) electrons. The van der Waals surface area contributed by atoms with Crippen molar-refractivity contribution in [3.8, 4) is 0 Å². The molecule has 1 atom stereocenters. The second-order valence-corrected chi connectivity index (χ2v) is 4.57. The van der Waals surface area contributed by atoms with Gasteiger partial charge in [0.2, 0.25) is 5.91 Å². The number of carboxylic acids is 1. The summed E-state index contributed by atoms with van der Waals surface area (Å²) in [5.74, 6) is -0.107. The first-order valence-electron chi connectivity index (χ1n) is 5.52. The van der Waals surface area contributed by atoms with E-state index >= 15 is 0 Å². The predicted octanol–water partition coefficient (Wildman–Crippen LogP) is 1.83. The molecule has 0 aromatic heterocycles. The molecule has 0 aliphatic carbocycles. The average molecular weight is 257 g/mol. The van der Waals surface area contributed by atoms with E-state index in [-0.39, 0.29) is 0 Å². The van der Waals surface area contributed by atoms with E-state index < -0.39 is 17.9 Å². The lowest BCUT2D eigenvalue weighted by Gasteiger charge is -2.12. The van der Waals surface area contributed by atoms with Gasteiger partial charge >= 0.3 is 5.97 Å². The minimum absolute atomic E-state index is 0.392. The largest absolute Gasteiger partial charge is 0.480 e. The molecule has 2 N–H and O–H groups in total. The van der Waals surface area contributed by atoms with Crippen LogP contribution in [0.1, 0.15) is 19.8 Å². The van der Waals surface area contributed by atoms with Gasteiger partial charge in [0, 0.05) is 11.8 Å². The number of nitrogens with one attached hydrogen (secondary N) is 1. The number of rotatable bonds is 9. The highest BCUT2D eigenvalue weighted by Crippen LogP contribution is 2.06. The Morgan fingerprint density at radius 3 is 2.76 bits per heavy atom. The van der Waals surface area contributed by atoms with Crippen LogP contribution in [0.4, 0.5) is 0 Å². The van der Waals surface area contributed by atoms with Crippen LogP contribution in [0, 0.1) is 0 Å². The Morgan fingerprint density at radius 1 is 1.53 bits per heavy atom. The van der Waals surface area contributed by atoms with Crippen LogP contribution in [0.5, 0.6) is 0 Å². The van der Waals surface area contributed by atoms with E-state index in [9.17, 15) is 9.59 Å². The molecule has 0 aliphatic rings. The van der Waals surface area contributed by atoms with Gasteiger partial charge in [-0.1, -0.05) is 32.1 Å². The van der Waals surface area contributed by atoms with Crippen LogP contribution < -0.4 is 5.32 Å². The maximum absolute atomic E-state index is 11.3. The first-order valence-corrected chi connectivity index (χ1v) is 6.67. The minimum atomic E-state index is -1.01. The van der Waals surface area contributed by atoms with Crippen molar-refractivity contribution in [2.75, 3.05) is 11.5 Å². The van der Waals surface area contributed by atoms with Gasteiger partial charge in [0.15, 0.2) is 0 Å². The van der Waals surface area contributed by atoms with Gasteiger partial charge < -0.3 is 10.4 Å². The van der Waals surface area contributed by atoms with Crippen LogP contribution in [-0.2, 0) is 9.59 Å². The molecular weight excluding hydrogens is 238 g/mol. The van der Waals surface area contributed by atoms with Gasteiger partial charge in [-0.2, -0.15) is 11.8 Å². The van der Waals surface area contributed by atoms with E-state index in [1.54, 1.807) is 11.8 Å². The Bertz CT molecular complexity index is 289. The molecule has 0 aromatic rings. The van der Waals surface area contributed by atoms with E-state index in [0.717, 1.165) is 18.6 Å². The van der Waals surface area contributed by atoms with Crippen molar-refractivity contribution < 1.29 is 14.7 Å². The molecule has 5 heteroatoms. The zero-order valence-electron chi connectivity index (χ0n) is 10.0. The average Bonchev–Trinajstić information content (AvgIpc) is 2.30. The molecule has 1 unspecified atom stereocenters. The fourth-order valence-electron chi connectivity index (χ4n) is 0.998. The molecule has 0 bridgehead atoms. The molecule has 0 heterocycles. The third-order valence-electron chi connectivity index (χ3n) is 1.93. The number of carbonyl (C=O) groups excluding carboxylic acids is 1. The Kier molecular flexibility index (Phi) is 9.24. The number of allylic oxidation sites excluding steroid dienone is 2. The summed E-state index contributed by atoms with van der Waals surface area (Å²) in [6.45, 7) is 5.51. The van der Waals surface area contributed by atoms with Crippen molar-refractivity contribution in [2.24, 2.45) is 0 Å². The number of carboxylic acid groups (broad SMARTS) is 1. The van der Waals surface area contributed by atoms with Gasteiger partial charge in [0.25, 0.3) is 0 Å². The Hall–Kier alpha value is -1.23. The summed E-state index contributed by atoms with van der Waals surface area (Å²) >= 11 is 1.54. The van der Waals surface area contributed by atoms with E-state index in [1.807, 2.05) is 0 Å². The van der Waals surface area contributed by atoms with Gasteiger partial charge in [0.1, 0.15) is 6.04 Å². The highest BCUT2D eigenvalue weighted by molar-refractivity contribution is 7.99. The molecule has 1 amide bonds. The maximum atomic E-state index is 11.3. The first-order chi connectivity index (χ1) is 8.11. The third kappa shape index (κ3) is 8.56. The van der Waals surface area contributed by atoms with E-state index in [2.05, 4.69) is 18.8 Å². The lowest BCUT2D eigenvalue weighted by atomic mass is 10.3. The van der Waals surface area contributed by atoms with Crippen molar-refractivity contribution in [3.63, 3.8) is 0 Å². The lowest BCUT2D eigenvalue weighted by molar-refractivity contribution is -0.140. The van der Waals surface area contributed by atoms with Crippen molar-refractivity contribution in [3.05, 3.63) is 24.8 Å². The number of amides is 1. The van der Waals surface area contributed by atoms with Gasteiger partial charge in [-0.25, -0.2) is 4.79 Å². The number of unbranched alkanes of at least 4 members (excludes halogenated alkanes) is 1. The third-order valence-corrected chi connectivity index (χ3v) is 3.07. The summed E-state index contributed by atoms with van der Waals surface area (Å²) in [5, 5.41) is 11.4. The number of aliphatic carboxylic acids is 1. The van der Waals surface area contributed by atoms with Gasteiger partial charge in [0.05, 0.1) is 0 Å². The molecule has 17 heavy (non-hydrogen) atoms. The summed E-state index contributed by atoms with van der Waals surface area (Å²) in [6, 6.07) is -0.834. The van der Waals surface area contributed by atoms with Crippen LogP contribution in [0.3, 0.4) is 0 Å². The van der Waals surface area contributed by atoms with Crippen LogP contribution >= 0.6 is 11.8 Å². The summed E-state index contributed by atoms with van der Waals surface area (Å²) in [7, 11) is 0. The predicted molar refractivity (Wildman–Crippen MR) is 71.1 cm³/mol. The Morgan fingerprint density at radius 2 is 2.24 bits per heavy atom. The molecule has 0 saturated heterocycles. The molecule has 0 fully saturated rings. The molecule has 0 aromatic carbocycles. The van der Waals surface area contributed by atoms with Gasteiger partial charge in [-0.3, -0.25) is 4.79 Å². The zero-order chi connectivity index (χ0) is 13.1. The minimum Gasteiger partial charge on any atom is -0.480 e. The summed E-state index contributed by atoms with van der Waals surface area (Å²) in [4.78, 5) is 22.2. The molecule has 0 spiro atoms. The van der Waals surface area contributed by atoms with Gasteiger partial charge in [-0.15, -0.1) is 0 Å².